The summed E-state index contributed by atoms with van der Waals surface area (Å²) in [7, 11) is 0. The molecule has 2 aromatic heterocycles. The van der Waals surface area contributed by atoms with Crippen LogP contribution in [0.3, 0.4) is 0 Å². The fraction of sp³-hybridized carbons (Fsp3) is 0.381. The molecule has 1 aliphatic rings. The summed E-state index contributed by atoms with van der Waals surface area (Å²) in [4.78, 5) is 17.3. The van der Waals surface area contributed by atoms with Crippen molar-refractivity contribution >= 4 is 28.1 Å². The van der Waals surface area contributed by atoms with Crippen molar-refractivity contribution in [3.63, 3.8) is 0 Å². The highest BCUT2D eigenvalue weighted by atomic mass is 32.1. The van der Waals surface area contributed by atoms with E-state index >= 15 is 0 Å². The Labute approximate surface area is 152 Å². The van der Waals surface area contributed by atoms with Gasteiger partial charge in [0.05, 0.1) is 0 Å². The van der Waals surface area contributed by atoms with Crippen LogP contribution in [0, 0.1) is 5.92 Å². The molecule has 25 heavy (non-hydrogen) atoms. The number of hydrogen-bond acceptors (Lipinski definition) is 2. The maximum Gasteiger partial charge on any atom is 0.223 e. The second-order valence-electron chi connectivity index (χ2n) is 6.94. The maximum absolute atomic E-state index is 12.6. The van der Waals surface area contributed by atoms with Crippen LogP contribution in [0.25, 0.3) is 10.9 Å². The third-order valence-corrected chi connectivity index (χ3v) is 6.33. The van der Waals surface area contributed by atoms with E-state index in [-0.39, 0.29) is 17.7 Å². The van der Waals surface area contributed by atoms with E-state index in [0.29, 0.717) is 6.54 Å². The molecule has 0 spiro atoms. The molecule has 0 saturated heterocycles. The molecule has 1 aliphatic carbocycles. The van der Waals surface area contributed by atoms with E-state index in [0.717, 1.165) is 18.4 Å². The highest BCUT2D eigenvalue weighted by Gasteiger charge is 2.24. The van der Waals surface area contributed by atoms with Crippen molar-refractivity contribution in [2.75, 3.05) is 6.54 Å². The number of hydrogen-bond donors (Lipinski definition) is 2. The second-order valence-corrected chi connectivity index (χ2v) is 7.92. The van der Waals surface area contributed by atoms with Crippen molar-refractivity contribution in [3.05, 3.63) is 58.4 Å². The Bertz CT molecular complexity index is 831. The van der Waals surface area contributed by atoms with E-state index in [1.807, 2.05) is 6.07 Å². The van der Waals surface area contributed by atoms with Crippen molar-refractivity contribution in [3.8, 4) is 0 Å². The Balaban J connectivity index is 1.56. The first-order valence-electron chi connectivity index (χ1n) is 9.20. The van der Waals surface area contributed by atoms with Crippen LogP contribution in [0.2, 0.25) is 0 Å². The van der Waals surface area contributed by atoms with Gasteiger partial charge in [-0.3, -0.25) is 4.79 Å². The molecule has 2 N–H and O–H groups in total. The molecule has 4 rings (SSSR count). The molecule has 0 aliphatic heterocycles. The van der Waals surface area contributed by atoms with Gasteiger partial charge < -0.3 is 10.3 Å². The first kappa shape index (κ1) is 16.4. The lowest BCUT2D eigenvalue weighted by atomic mass is 9.88. The smallest absolute Gasteiger partial charge is 0.223 e. The number of nitrogens with one attached hydrogen (secondary N) is 2. The number of carbonyl (C=O) groups is 1. The molecule has 1 amide bonds. The Morgan fingerprint density at radius 3 is 2.80 bits per heavy atom. The van der Waals surface area contributed by atoms with Crippen molar-refractivity contribution in [2.24, 2.45) is 5.92 Å². The molecule has 3 nitrogen and oxygen atoms in total. The molecule has 1 saturated carbocycles. The largest absolute Gasteiger partial charge is 0.361 e. The van der Waals surface area contributed by atoms with Crippen LogP contribution in [0.15, 0.2) is 48.0 Å². The summed E-state index contributed by atoms with van der Waals surface area (Å²) in [6.07, 6.45) is 7.84. The van der Waals surface area contributed by atoms with Crippen molar-refractivity contribution in [1.82, 2.24) is 10.3 Å². The molecule has 130 valence electrons. The van der Waals surface area contributed by atoms with Crippen molar-refractivity contribution in [1.29, 1.82) is 0 Å². The van der Waals surface area contributed by atoms with Crippen LogP contribution < -0.4 is 5.32 Å². The van der Waals surface area contributed by atoms with E-state index < -0.39 is 0 Å². The summed E-state index contributed by atoms with van der Waals surface area (Å²) >= 11 is 1.76. The third kappa shape index (κ3) is 3.49. The minimum atomic E-state index is 0.198. The molecule has 1 aromatic carbocycles. The number of rotatable bonds is 5. The molecule has 1 atom stereocenters. The molecule has 0 bridgehead atoms. The molecular weight excluding hydrogens is 328 g/mol. The number of aromatic nitrogens is 1. The van der Waals surface area contributed by atoms with Crippen LogP contribution in [-0.2, 0) is 4.79 Å². The van der Waals surface area contributed by atoms with Gasteiger partial charge in [-0.2, -0.15) is 0 Å². The lowest BCUT2D eigenvalue weighted by Gasteiger charge is -2.23. The van der Waals surface area contributed by atoms with Crippen LogP contribution in [0.5, 0.6) is 0 Å². The molecule has 3 aromatic rings. The Hall–Kier alpha value is -2.07. The van der Waals surface area contributed by atoms with E-state index in [2.05, 4.69) is 52.2 Å². The van der Waals surface area contributed by atoms with E-state index in [9.17, 15) is 4.79 Å². The number of H-pyrrole nitrogens is 1. The highest BCUT2D eigenvalue weighted by Crippen LogP contribution is 2.33. The zero-order chi connectivity index (χ0) is 17.1. The van der Waals surface area contributed by atoms with Gasteiger partial charge in [0.1, 0.15) is 0 Å². The number of carbonyl (C=O) groups excluding carboxylic acids is 1. The third-order valence-electron chi connectivity index (χ3n) is 5.34. The minimum Gasteiger partial charge on any atom is -0.361 e. The minimum absolute atomic E-state index is 0.198. The van der Waals surface area contributed by atoms with Gasteiger partial charge in [0.2, 0.25) is 5.91 Å². The SMILES string of the molecule is O=C(NC[C@@H](c1cccs1)c1c[nH]c2ccccc12)C1CCCCC1. The molecule has 4 heteroatoms. The van der Waals surface area contributed by atoms with Gasteiger partial charge in [0, 0.05) is 40.4 Å². The first-order chi connectivity index (χ1) is 12.3. The average molecular weight is 353 g/mol. The molecule has 0 unspecified atom stereocenters. The summed E-state index contributed by atoms with van der Waals surface area (Å²) in [5.41, 5.74) is 2.42. The number of para-hydroxylation sites is 1. The second kappa shape index (κ2) is 7.44. The zero-order valence-corrected chi connectivity index (χ0v) is 15.1. The predicted octanol–water partition coefficient (Wildman–Crippen LogP) is 5.06. The first-order valence-corrected chi connectivity index (χ1v) is 10.1. The number of benzene rings is 1. The quantitative estimate of drug-likeness (QED) is 0.662. The van der Waals surface area contributed by atoms with Crippen LogP contribution in [0.1, 0.15) is 48.5 Å². The molecule has 1 fully saturated rings. The van der Waals surface area contributed by atoms with Gasteiger partial charge in [0.25, 0.3) is 0 Å². The van der Waals surface area contributed by atoms with E-state index in [1.54, 1.807) is 11.3 Å². The topological polar surface area (TPSA) is 44.9 Å². The van der Waals surface area contributed by atoms with Gasteiger partial charge in [-0.25, -0.2) is 0 Å². The number of thiophene rings is 1. The van der Waals surface area contributed by atoms with Crippen LogP contribution >= 0.6 is 11.3 Å². The Kier molecular flexibility index (Phi) is 4.88. The summed E-state index contributed by atoms with van der Waals surface area (Å²) in [5.74, 6) is 0.644. The summed E-state index contributed by atoms with van der Waals surface area (Å²) in [5, 5.41) is 6.60. The molecule has 2 heterocycles. The van der Waals surface area contributed by atoms with Gasteiger partial charge in [0.15, 0.2) is 0 Å². The van der Waals surface area contributed by atoms with Gasteiger partial charge >= 0.3 is 0 Å². The van der Waals surface area contributed by atoms with Gasteiger partial charge in [-0.15, -0.1) is 11.3 Å². The zero-order valence-electron chi connectivity index (χ0n) is 14.3. The fourth-order valence-electron chi connectivity index (χ4n) is 3.95. The predicted molar refractivity (Wildman–Crippen MR) is 104 cm³/mol. The maximum atomic E-state index is 12.6. The van der Waals surface area contributed by atoms with Crippen molar-refractivity contribution in [2.45, 2.75) is 38.0 Å². The highest BCUT2D eigenvalue weighted by molar-refractivity contribution is 7.10. The van der Waals surface area contributed by atoms with Gasteiger partial charge in [-0.05, 0) is 35.9 Å². The summed E-state index contributed by atoms with van der Waals surface area (Å²) in [6.45, 7) is 0.664. The molecular formula is C21H24N2OS. The van der Waals surface area contributed by atoms with Crippen molar-refractivity contribution < 1.29 is 4.79 Å². The van der Waals surface area contributed by atoms with E-state index in [4.69, 9.17) is 0 Å². The number of aromatic amines is 1. The van der Waals surface area contributed by atoms with E-state index in [1.165, 1.54) is 35.1 Å². The molecule has 0 radical (unpaired) electrons. The normalized spacial score (nSPS) is 16.8. The van der Waals surface area contributed by atoms with Crippen LogP contribution in [-0.4, -0.2) is 17.4 Å². The Morgan fingerprint density at radius 2 is 2.00 bits per heavy atom. The summed E-state index contributed by atoms with van der Waals surface area (Å²) in [6, 6.07) is 12.6. The lowest BCUT2D eigenvalue weighted by molar-refractivity contribution is -0.125. The monoisotopic (exact) mass is 352 g/mol. The standard InChI is InChI=1S/C21H24N2OS/c24-21(15-7-2-1-3-8-15)23-14-18(20-11-6-12-25-20)17-13-22-19-10-5-4-9-16(17)19/h4-6,9-13,15,18,22H,1-3,7-8,14H2,(H,23,24)/t18-/m1/s1. The Morgan fingerprint density at radius 1 is 1.16 bits per heavy atom. The average Bonchev–Trinajstić information content (AvgIpc) is 3.33. The number of amides is 1. The van der Waals surface area contributed by atoms with Gasteiger partial charge in [-0.1, -0.05) is 43.5 Å². The lowest BCUT2D eigenvalue weighted by Crippen LogP contribution is -2.34. The fourth-order valence-corrected chi connectivity index (χ4v) is 4.79. The van der Waals surface area contributed by atoms with Crippen LogP contribution in [0.4, 0.5) is 0 Å². The summed E-state index contributed by atoms with van der Waals surface area (Å²) < 4.78 is 0. The number of fused-ring (bicyclic) bond motifs is 1.